The van der Waals surface area contributed by atoms with Crippen LogP contribution in [0.25, 0.3) is 5.57 Å². The van der Waals surface area contributed by atoms with Crippen molar-refractivity contribution >= 4 is 34.9 Å². The number of hydrogen-bond donors (Lipinski definition) is 1. The van der Waals surface area contributed by atoms with Gasteiger partial charge in [0.1, 0.15) is 17.9 Å². The van der Waals surface area contributed by atoms with Gasteiger partial charge >= 0.3 is 0 Å². The highest BCUT2D eigenvalue weighted by Gasteiger charge is 2.45. The normalized spacial score (nSPS) is 23.6. The Morgan fingerprint density at radius 3 is 2.62 bits per heavy atom. The molecule has 3 aliphatic rings. The van der Waals surface area contributed by atoms with Gasteiger partial charge in [-0.25, -0.2) is 0 Å². The number of nitrogens with zero attached hydrogens (tertiary/aromatic N) is 2. The minimum Gasteiger partial charge on any atom is -0.489 e. The predicted octanol–water partition coefficient (Wildman–Crippen LogP) is 6.41. The fraction of sp³-hybridized carbons (Fsp3) is 0.258. The summed E-state index contributed by atoms with van der Waals surface area (Å²) in [4.78, 5) is 13.0. The van der Waals surface area contributed by atoms with Crippen molar-refractivity contribution in [1.29, 1.82) is 0 Å². The number of carbonyl (C=O) groups excluding carboxylic acids is 1. The second-order valence-electron chi connectivity index (χ2n) is 10.8. The number of benzene rings is 3. The molecule has 2 heterocycles. The maximum atomic E-state index is 13.0. The van der Waals surface area contributed by atoms with Gasteiger partial charge in [0.2, 0.25) is 0 Å². The third-order valence-corrected chi connectivity index (χ3v) is 8.07. The van der Waals surface area contributed by atoms with Gasteiger partial charge in [-0.05, 0) is 89.6 Å². The van der Waals surface area contributed by atoms with Crippen molar-refractivity contribution in [2.45, 2.75) is 45.3 Å². The average Bonchev–Trinajstić information content (AvgIpc) is 3.18. The molecule has 1 aliphatic carbocycles. The average molecular weight is 510 g/mol. The number of carbonyl (C=O) groups is 1. The van der Waals surface area contributed by atoms with E-state index in [1.54, 1.807) is 6.08 Å². The first-order valence-electron chi connectivity index (χ1n) is 12.5. The Hall–Kier alpha value is -3.54. The topological polar surface area (TPSA) is 77.0 Å². The second kappa shape index (κ2) is 8.51. The summed E-state index contributed by atoms with van der Waals surface area (Å²) in [6.07, 6.45) is 4.05. The van der Waals surface area contributed by atoms with Crippen LogP contribution in [0.3, 0.4) is 0 Å². The Morgan fingerprint density at radius 1 is 1.05 bits per heavy atom. The minimum atomic E-state index is -1.09. The smallest absolute Gasteiger partial charge is 0.156 e. The molecule has 0 aromatic heterocycles. The molecule has 3 aromatic carbocycles. The van der Waals surface area contributed by atoms with Gasteiger partial charge < -0.3 is 10.5 Å². The summed E-state index contributed by atoms with van der Waals surface area (Å²) in [6, 6.07) is 20.0. The lowest BCUT2D eigenvalue weighted by atomic mass is 9.69. The highest BCUT2D eigenvalue weighted by molar-refractivity contribution is 6.31. The maximum absolute atomic E-state index is 13.0. The van der Waals surface area contributed by atoms with E-state index in [1.807, 2.05) is 48.7 Å². The van der Waals surface area contributed by atoms with Crippen LogP contribution in [-0.4, -0.2) is 17.7 Å². The van der Waals surface area contributed by atoms with Gasteiger partial charge in [0.25, 0.3) is 0 Å². The highest BCUT2D eigenvalue weighted by Crippen LogP contribution is 2.43. The zero-order valence-corrected chi connectivity index (χ0v) is 21.8. The van der Waals surface area contributed by atoms with Crippen molar-refractivity contribution in [2.24, 2.45) is 21.4 Å². The van der Waals surface area contributed by atoms with Gasteiger partial charge in [-0.3, -0.25) is 4.79 Å². The Labute approximate surface area is 221 Å². The van der Waals surface area contributed by atoms with Crippen LogP contribution < -0.4 is 10.5 Å². The van der Waals surface area contributed by atoms with Gasteiger partial charge in [-0.15, -0.1) is 0 Å². The molecule has 0 saturated carbocycles. The summed E-state index contributed by atoms with van der Waals surface area (Å²) in [7, 11) is 0. The molecule has 0 radical (unpaired) electrons. The van der Waals surface area contributed by atoms with E-state index in [4.69, 9.17) is 22.1 Å². The molecule has 6 rings (SSSR count). The van der Waals surface area contributed by atoms with Crippen LogP contribution in [0.15, 0.2) is 76.9 Å². The fourth-order valence-electron chi connectivity index (χ4n) is 5.71. The van der Waals surface area contributed by atoms with Gasteiger partial charge in [-0.2, -0.15) is 10.2 Å². The van der Waals surface area contributed by atoms with Crippen LogP contribution in [0.1, 0.15) is 66.5 Å². The Bertz CT molecular complexity index is 1550. The highest BCUT2D eigenvalue weighted by atomic mass is 35.5. The number of ketones is 1. The van der Waals surface area contributed by atoms with Gasteiger partial charge in [0.15, 0.2) is 5.78 Å². The quantitative estimate of drug-likeness (QED) is 0.411. The second-order valence-corrected chi connectivity index (χ2v) is 11.2. The lowest BCUT2D eigenvalue weighted by Crippen LogP contribution is -2.51. The molecule has 5 nitrogen and oxygen atoms in total. The molecular weight excluding hydrogens is 482 g/mol. The molecular formula is C31H28ClN3O2. The van der Waals surface area contributed by atoms with Crippen molar-refractivity contribution in [3.05, 3.63) is 105 Å². The first kappa shape index (κ1) is 23.8. The fourth-order valence-corrected chi connectivity index (χ4v) is 5.88. The Morgan fingerprint density at radius 2 is 1.84 bits per heavy atom. The number of halogens is 1. The van der Waals surface area contributed by atoms with E-state index < -0.39 is 11.0 Å². The predicted molar refractivity (Wildman–Crippen MR) is 148 cm³/mol. The van der Waals surface area contributed by atoms with Gasteiger partial charge in [0, 0.05) is 28.6 Å². The third-order valence-electron chi connectivity index (χ3n) is 7.70. The van der Waals surface area contributed by atoms with Gasteiger partial charge in [-0.1, -0.05) is 48.9 Å². The molecule has 1 unspecified atom stereocenters. The van der Waals surface area contributed by atoms with E-state index in [9.17, 15) is 4.79 Å². The van der Waals surface area contributed by atoms with Crippen molar-refractivity contribution in [3.63, 3.8) is 0 Å². The largest absolute Gasteiger partial charge is 0.489 e. The van der Waals surface area contributed by atoms with Crippen LogP contribution in [0.5, 0.6) is 5.75 Å². The first-order valence-corrected chi connectivity index (χ1v) is 12.9. The zero-order valence-electron chi connectivity index (χ0n) is 21.1. The molecule has 2 N–H and O–H groups in total. The molecule has 2 atom stereocenters. The number of nitrogens with two attached hydrogens (primary N) is 1. The van der Waals surface area contributed by atoms with Gasteiger partial charge in [0.05, 0.1) is 5.71 Å². The van der Waals surface area contributed by atoms with Crippen molar-refractivity contribution in [3.8, 4) is 5.75 Å². The van der Waals surface area contributed by atoms with E-state index in [0.717, 1.165) is 44.7 Å². The van der Waals surface area contributed by atoms with E-state index in [-0.39, 0.29) is 18.3 Å². The van der Waals surface area contributed by atoms with E-state index in [0.29, 0.717) is 17.2 Å². The van der Waals surface area contributed by atoms with E-state index in [1.165, 1.54) is 0 Å². The standard InChI is InChI=1S/C31H28ClN3O2/c1-18-11-23(36)15-26-19-5-4-6-24(13-19)37-16-20-12-21(8-10-28(20)32)31(33,29-30(2,3)17-34-35-29)22-7-9-25(18)27(26)14-22/h4-10,12-15,17-18H,11,16,33H2,1-3H3/t18?,31-/m1/s1. The Balaban J connectivity index is 1.70. The van der Waals surface area contributed by atoms with E-state index in [2.05, 4.69) is 49.2 Å². The van der Waals surface area contributed by atoms with Crippen molar-refractivity contribution in [1.82, 2.24) is 0 Å². The van der Waals surface area contributed by atoms with Crippen molar-refractivity contribution in [2.75, 3.05) is 0 Å². The van der Waals surface area contributed by atoms with Crippen LogP contribution >= 0.6 is 11.6 Å². The number of rotatable bonds is 1. The number of hydrogen-bond acceptors (Lipinski definition) is 5. The Kier molecular flexibility index (Phi) is 5.48. The lowest BCUT2D eigenvalue weighted by molar-refractivity contribution is -0.114. The zero-order chi connectivity index (χ0) is 25.9. The van der Waals surface area contributed by atoms with Crippen LogP contribution in [-0.2, 0) is 16.9 Å². The van der Waals surface area contributed by atoms with E-state index >= 15 is 0 Å². The summed E-state index contributed by atoms with van der Waals surface area (Å²) >= 11 is 6.62. The molecule has 0 spiro atoms. The lowest BCUT2D eigenvalue weighted by Gasteiger charge is -2.37. The molecule has 2 aliphatic heterocycles. The molecule has 37 heavy (non-hydrogen) atoms. The van der Waals surface area contributed by atoms with Crippen LogP contribution in [0.2, 0.25) is 5.02 Å². The molecule has 186 valence electrons. The molecule has 0 saturated heterocycles. The summed E-state index contributed by atoms with van der Waals surface area (Å²) in [6.45, 7) is 6.51. The summed E-state index contributed by atoms with van der Waals surface area (Å²) < 4.78 is 6.20. The summed E-state index contributed by atoms with van der Waals surface area (Å²) in [5.74, 6) is 0.872. The number of fused-ring (bicyclic) bond motifs is 6. The molecule has 0 fully saturated rings. The number of allylic oxidation sites excluding steroid dienone is 1. The molecule has 0 amide bonds. The maximum Gasteiger partial charge on any atom is 0.156 e. The third kappa shape index (κ3) is 3.85. The minimum absolute atomic E-state index is 0.0679. The van der Waals surface area contributed by atoms with Crippen molar-refractivity contribution < 1.29 is 9.53 Å². The SMILES string of the molecule is CC1CC(=O)C=C2c3cccc(c3)OCc3cc(ccc3Cl)[C@](N)(C3=NN=CC3(C)C)c3ccc1c2c3. The molecule has 6 bridgehead atoms. The molecule has 3 aromatic rings. The monoisotopic (exact) mass is 509 g/mol. The van der Waals surface area contributed by atoms with Crippen LogP contribution in [0.4, 0.5) is 0 Å². The summed E-state index contributed by atoms with van der Waals surface area (Å²) in [5, 5.41) is 9.44. The molecule has 6 heteroatoms. The van der Waals surface area contributed by atoms with Crippen LogP contribution in [0, 0.1) is 5.41 Å². The first-order chi connectivity index (χ1) is 17.7. The number of ether oxygens (including phenoxy) is 1. The summed E-state index contributed by atoms with van der Waals surface area (Å²) in [5.41, 5.74) is 13.1.